The minimum absolute atomic E-state index is 0.0778. The van der Waals surface area contributed by atoms with E-state index in [0.29, 0.717) is 42.6 Å². The number of ketones is 1. The van der Waals surface area contributed by atoms with E-state index >= 15 is 0 Å². The fourth-order valence-electron chi connectivity index (χ4n) is 2.44. The monoisotopic (exact) mass is 278 g/mol. The van der Waals surface area contributed by atoms with Crippen LogP contribution in [0.4, 0.5) is 0 Å². The molecule has 1 heterocycles. The number of carbonyl (C=O) groups excluding carboxylic acids is 2. The average Bonchev–Trinajstić information content (AvgIpc) is 2.39. The molecule has 5 nitrogen and oxygen atoms in total. The Morgan fingerprint density at radius 1 is 1.50 bits per heavy atom. The summed E-state index contributed by atoms with van der Waals surface area (Å²) >= 11 is 0. The zero-order valence-corrected chi connectivity index (χ0v) is 11.6. The van der Waals surface area contributed by atoms with Gasteiger partial charge in [-0.05, 0) is 31.9 Å². The molecule has 0 saturated carbocycles. The van der Waals surface area contributed by atoms with Gasteiger partial charge in [-0.1, -0.05) is 0 Å². The van der Waals surface area contributed by atoms with Crippen LogP contribution in [0, 0.1) is 0 Å². The van der Waals surface area contributed by atoms with E-state index in [9.17, 15) is 14.7 Å². The Morgan fingerprint density at radius 2 is 2.25 bits per heavy atom. The van der Waals surface area contributed by atoms with E-state index < -0.39 is 5.97 Å². The molecule has 0 aliphatic carbocycles. The maximum atomic E-state index is 12.0. The van der Waals surface area contributed by atoms with Crippen molar-refractivity contribution < 1.29 is 24.2 Å². The molecule has 0 amide bonds. The Morgan fingerprint density at radius 3 is 2.90 bits per heavy atom. The third kappa shape index (κ3) is 2.92. The van der Waals surface area contributed by atoms with Crippen molar-refractivity contribution >= 4 is 11.8 Å². The molecule has 0 unspecified atom stereocenters. The van der Waals surface area contributed by atoms with E-state index in [1.54, 1.807) is 13.0 Å². The summed E-state index contributed by atoms with van der Waals surface area (Å²) in [6.45, 7) is 1.54. The lowest BCUT2D eigenvalue weighted by molar-refractivity contribution is -0.117. The number of fused-ring (bicyclic) bond motifs is 1. The highest BCUT2D eigenvalue weighted by molar-refractivity contribution is 5.96. The number of aromatic hydroxyl groups is 1. The highest BCUT2D eigenvalue weighted by Gasteiger charge is 2.31. The Balaban J connectivity index is 2.17. The SMILES string of the molecule is COc1ccc(O)c2c1C(=O)O[C@H](CCCC(C)=O)C2. The van der Waals surface area contributed by atoms with Gasteiger partial charge in [0.2, 0.25) is 0 Å². The number of phenolic OH excluding ortho intramolecular Hbond substituents is 1. The third-order valence-electron chi connectivity index (χ3n) is 3.43. The number of Topliss-reactive ketones (excluding diaryl/α,β-unsaturated/α-hetero) is 1. The maximum Gasteiger partial charge on any atom is 0.342 e. The molecular formula is C15H18O5. The summed E-state index contributed by atoms with van der Waals surface area (Å²) in [5.74, 6) is 0.128. The molecular weight excluding hydrogens is 260 g/mol. The summed E-state index contributed by atoms with van der Waals surface area (Å²) < 4.78 is 10.5. The molecule has 0 fully saturated rings. The van der Waals surface area contributed by atoms with Gasteiger partial charge in [-0.2, -0.15) is 0 Å². The van der Waals surface area contributed by atoms with E-state index in [1.165, 1.54) is 13.2 Å². The predicted octanol–water partition coefficient (Wildman–Crippen LogP) is 2.24. The smallest absolute Gasteiger partial charge is 0.342 e. The first kappa shape index (κ1) is 14.4. The Hall–Kier alpha value is -2.04. The second kappa shape index (κ2) is 5.94. The lowest BCUT2D eigenvalue weighted by Gasteiger charge is -2.26. The summed E-state index contributed by atoms with van der Waals surface area (Å²) in [4.78, 5) is 23.0. The molecule has 0 bridgehead atoms. The molecule has 1 aliphatic rings. The molecule has 2 rings (SSSR count). The normalized spacial score (nSPS) is 17.3. The van der Waals surface area contributed by atoms with E-state index in [2.05, 4.69) is 0 Å². The van der Waals surface area contributed by atoms with Crippen molar-refractivity contribution in [2.45, 2.75) is 38.7 Å². The highest BCUT2D eigenvalue weighted by Crippen LogP contribution is 2.35. The first-order valence-corrected chi connectivity index (χ1v) is 6.62. The zero-order chi connectivity index (χ0) is 14.7. The number of ether oxygens (including phenoxy) is 2. The summed E-state index contributed by atoms with van der Waals surface area (Å²) in [5, 5.41) is 9.91. The molecule has 0 saturated heterocycles. The van der Waals surface area contributed by atoms with Gasteiger partial charge in [0.05, 0.1) is 7.11 Å². The molecule has 1 N–H and O–H groups in total. The lowest BCUT2D eigenvalue weighted by atomic mass is 9.94. The molecule has 0 spiro atoms. The quantitative estimate of drug-likeness (QED) is 0.836. The molecule has 1 aliphatic heterocycles. The largest absolute Gasteiger partial charge is 0.508 e. The van der Waals surface area contributed by atoms with Crippen molar-refractivity contribution in [1.29, 1.82) is 0 Å². The van der Waals surface area contributed by atoms with Crippen molar-refractivity contribution in [1.82, 2.24) is 0 Å². The summed E-state index contributed by atoms with van der Waals surface area (Å²) in [5.41, 5.74) is 0.865. The van der Waals surface area contributed by atoms with Crippen molar-refractivity contribution in [2.24, 2.45) is 0 Å². The van der Waals surface area contributed by atoms with Crippen LogP contribution in [0.1, 0.15) is 42.1 Å². The Bertz CT molecular complexity index is 535. The van der Waals surface area contributed by atoms with E-state index in [-0.39, 0.29) is 17.6 Å². The van der Waals surface area contributed by atoms with Gasteiger partial charge in [0.15, 0.2) is 0 Å². The van der Waals surface area contributed by atoms with Gasteiger partial charge in [-0.3, -0.25) is 0 Å². The topological polar surface area (TPSA) is 72.8 Å². The van der Waals surface area contributed by atoms with Crippen molar-refractivity contribution in [2.75, 3.05) is 7.11 Å². The number of esters is 1. The Kier molecular flexibility index (Phi) is 4.27. The number of cyclic esters (lactones) is 1. The van der Waals surface area contributed by atoms with Crippen LogP contribution in [0.5, 0.6) is 11.5 Å². The van der Waals surface area contributed by atoms with Crippen LogP contribution in [-0.4, -0.2) is 30.1 Å². The van der Waals surface area contributed by atoms with Crippen LogP contribution in [0.25, 0.3) is 0 Å². The highest BCUT2D eigenvalue weighted by atomic mass is 16.5. The fourth-order valence-corrected chi connectivity index (χ4v) is 2.44. The van der Waals surface area contributed by atoms with Gasteiger partial charge in [-0.25, -0.2) is 4.79 Å². The maximum absolute atomic E-state index is 12.0. The number of carbonyl (C=O) groups is 2. The molecule has 1 aromatic carbocycles. The number of rotatable bonds is 5. The fraction of sp³-hybridized carbons (Fsp3) is 0.467. The lowest BCUT2D eigenvalue weighted by Crippen LogP contribution is -2.28. The van der Waals surface area contributed by atoms with Gasteiger partial charge in [0, 0.05) is 18.4 Å². The van der Waals surface area contributed by atoms with Gasteiger partial charge in [-0.15, -0.1) is 0 Å². The molecule has 0 radical (unpaired) electrons. The number of benzene rings is 1. The van der Waals surface area contributed by atoms with Crippen LogP contribution in [0.2, 0.25) is 0 Å². The van der Waals surface area contributed by atoms with Crippen LogP contribution < -0.4 is 4.74 Å². The van der Waals surface area contributed by atoms with Crippen LogP contribution in [0.15, 0.2) is 12.1 Å². The summed E-state index contributed by atoms with van der Waals surface area (Å²) in [6, 6.07) is 3.06. The first-order chi connectivity index (χ1) is 9.52. The number of phenols is 1. The Labute approximate surface area is 117 Å². The van der Waals surface area contributed by atoms with Crippen LogP contribution >= 0.6 is 0 Å². The predicted molar refractivity (Wildman–Crippen MR) is 72.1 cm³/mol. The second-order valence-electron chi connectivity index (χ2n) is 4.97. The summed E-state index contributed by atoms with van der Waals surface area (Å²) in [6.07, 6.45) is 1.91. The molecule has 5 heteroatoms. The van der Waals surface area contributed by atoms with Crippen molar-refractivity contribution in [3.63, 3.8) is 0 Å². The van der Waals surface area contributed by atoms with Crippen molar-refractivity contribution in [3.05, 3.63) is 23.3 Å². The number of methoxy groups -OCH3 is 1. The minimum atomic E-state index is -0.480. The molecule has 0 aromatic heterocycles. The summed E-state index contributed by atoms with van der Waals surface area (Å²) in [7, 11) is 1.47. The van der Waals surface area contributed by atoms with Gasteiger partial charge >= 0.3 is 5.97 Å². The van der Waals surface area contributed by atoms with Gasteiger partial charge < -0.3 is 19.4 Å². The van der Waals surface area contributed by atoms with E-state index in [4.69, 9.17) is 9.47 Å². The van der Waals surface area contributed by atoms with Crippen molar-refractivity contribution in [3.8, 4) is 11.5 Å². The van der Waals surface area contributed by atoms with Crippen LogP contribution in [-0.2, 0) is 16.0 Å². The van der Waals surface area contributed by atoms with Gasteiger partial charge in [0.1, 0.15) is 28.9 Å². The van der Waals surface area contributed by atoms with Gasteiger partial charge in [0.25, 0.3) is 0 Å². The van der Waals surface area contributed by atoms with E-state index in [1.807, 2.05) is 0 Å². The number of hydrogen-bond donors (Lipinski definition) is 1. The second-order valence-corrected chi connectivity index (χ2v) is 4.97. The number of hydrogen-bond acceptors (Lipinski definition) is 5. The van der Waals surface area contributed by atoms with E-state index in [0.717, 1.165) is 0 Å². The molecule has 108 valence electrons. The molecule has 1 atom stereocenters. The molecule has 20 heavy (non-hydrogen) atoms. The third-order valence-corrected chi connectivity index (χ3v) is 3.43. The average molecular weight is 278 g/mol. The zero-order valence-electron chi connectivity index (χ0n) is 11.6. The van der Waals surface area contributed by atoms with Crippen LogP contribution in [0.3, 0.4) is 0 Å². The molecule has 1 aromatic rings. The minimum Gasteiger partial charge on any atom is -0.508 e. The standard InChI is InChI=1S/C15H18O5/c1-9(16)4-3-5-10-8-11-12(17)6-7-13(19-2)14(11)15(18)20-10/h6-7,10,17H,3-5,8H2,1-2H3/t10-/m1/s1. The first-order valence-electron chi connectivity index (χ1n) is 6.62.